The molecule has 0 aliphatic carbocycles. The average molecular weight is 280 g/mol. The van der Waals surface area contributed by atoms with Gasteiger partial charge >= 0.3 is 0 Å². The lowest BCUT2D eigenvalue weighted by atomic mass is 9.85. The number of hydrogen-bond donors (Lipinski definition) is 1. The van der Waals surface area contributed by atoms with Crippen LogP contribution in [-0.4, -0.2) is 25.0 Å². The van der Waals surface area contributed by atoms with Crippen LogP contribution >= 0.6 is 11.3 Å². The van der Waals surface area contributed by atoms with E-state index in [4.69, 9.17) is 0 Å². The molecule has 1 aromatic rings. The third kappa shape index (κ3) is 4.30. The van der Waals surface area contributed by atoms with Gasteiger partial charge in [-0.25, -0.2) is 0 Å². The van der Waals surface area contributed by atoms with E-state index in [2.05, 4.69) is 37.1 Å². The van der Waals surface area contributed by atoms with Gasteiger partial charge in [-0.15, -0.1) is 11.3 Å². The summed E-state index contributed by atoms with van der Waals surface area (Å²) in [7, 11) is 2.02. The van der Waals surface area contributed by atoms with Gasteiger partial charge in [0.2, 0.25) is 0 Å². The summed E-state index contributed by atoms with van der Waals surface area (Å²) in [6.45, 7) is 11.8. The quantitative estimate of drug-likeness (QED) is 0.903. The van der Waals surface area contributed by atoms with E-state index in [1.807, 2.05) is 18.4 Å². The second-order valence-corrected chi connectivity index (χ2v) is 7.96. The van der Waals surface area contributed by atoms with Gasteiger partial charge in [0, 0.05) is 22.8 Å². The Bertz CT molecular complexity index is 409. The fraction of sp³-hybridized carbons (Fsp3) is 0.750. The predicted octanol–water partition coefficient (Wildman–Crippen LogP) is 3.79. The van der Waals surface area contributed by atoms with Gasteiger partial charge in [-0.2, -0.15) is 0 Å². The molecule has 19 heavy (non-hydrogen) atoms. The lowest BCUT2D eigenvalue weighted by molar-refractivity contribution is 0.256. The molecular formula is C16H28N2S. The Morgan fingerprint density at radius 3 is 2.84 bits per heavy atom. The topological polar surface area (TPSA) is 15.3 Å². The summed E-state index contributed by atoms with van der Waals surface area (Å²) < 4.78 is 0. The molecule has 0 radical (unpaired) electrons. The van der Waals surface area contributed by atoms with Crippen molar-refractivity contribution < 1.29 is 0 Å². The summed E-state index contributed by atoms with van der Waals surface area (Å²) in [6.07, 6.45) is 4.05. The molecule has 108 valence electrons. The van der Waals surface area contributed by atoms with Gasteiger partial charge in [-0.05, 0) is 63.4 Å². The highest BCUT2D eigenvalue weighted by Crippen LogP contribution is 2.31. The van der Waals surface area contributed by atoms with Crippen molar-refractivity contribution in [3.63, 3.8) is 0 Å². The molecule has 2 nitrogen and oxygen atoms in total. The maximum absolute atomic E-state index is 3.25. The lowest BCUT2D eigenvalue weighted by Gasteiger charge is -2.23. The second-order valence-electron chi connectivity index (χ2n) is 6.62. The van der Waals surface area contributed by atoms with Crippen LogP contribution in [0.15, 0.2) is 6.07 Å². The number of nitrogens with one attached hydrogen (secondary N) is 1. The van der Waals surface area contributed by atoms with Crippen LogP contribution < -0.4 is 5.32 Å². The molecule has 2 heterocycles. The predicted molar refractivity (Wildman–Crippen MR) is 84.7 cm³/mol. The monoisotopic (exact) mass is 280 g/mol. The first kappa shape index (κ1) is 15.0. The highest BCUT2D eigenvalue weighted by Gasteiger charge is 2.23. The third-order valence-electron chi connectivity index (χ3n) is 4.25. The lowest BCUT2D eigenvalue weighted by Crippen LogP contribution is -2.25. The van der Waals surface area contributed by atoms with Crippen LogP contribution in [0, 0.1) is 12.3 Å². The van der Waals surface area contributed by atoms with E-state index in [0.717, 1.165) is 13.1 Å². The summed E-state index contributed by atoms with van der Waals surface area (Å²) in [6, 6.07) is 2.40. The SMILES string of the molecule is CNCc1cc(CN2CCCC(C)(C)CC2)c(C)s1. The van der Waals surface area contributed by atoms with E-state index in [1.54, 1.807) is 0 Å². The Morgan fingerprint density at radius 2 is 2.11 bits per heavy atom. The summed E-state index contributed by atoms with van der Waals surface area (Å²) in [4.78, 5) is 5.60. The van der Waals surface area contributed by atoms with E-state index in [-0.39, 0.29) is 0 Å². The largest absolute Gasteiger partial charge is 0.315 e. The summed E-state index contributed by atoms with van der Waals surface area (Å²) in [5.74, 6) is 0. The first-order chi connectivity index (χ1) is 9.00. The Morgan fingerprint density at radius 1 is 1.32 bits per heavy atom. The molecule has 1 N–H and O–H groups in total. The van der Waals surface area contributed by atoms with Crippen LogP contribution in [0.25, 0.3) is 0 Å². The summed E-state index contributed by atoms with van der Waals surface area (Å²) in [5.41, 5.74) is 2.07. The van der Waals surface area contributed by atoms with E-state index in [9.17, 15) is 0 Å². The molecule has 1 aromatic heterocycles. The van der Waals surface area contributed by atoms with Crippen molar-refractivity contribution in [1.82, 2.24) is 10.2 Å². The number of aryl methyl sites for hydroxylation is 1. The van der Waals surface area contributed by atoms with Crippen LogP contribution in [0.5, 0.6) is 0 Å². The molecule has 0 aromatic carbocycles. The first-order valence-corrected chi connectivity index (χ1v) is 8.27. The first-order valence-electron chi connectivity index (χ1n) is 7.45. The number of rotatable bonds is 4. The average Bonchev–Trinajstić information content (AvgIpc) is 2.56. The van der Waals surface area contributed by atoms with Crippen molar-refractivity contribution >= 4 is 11.3 Å². The molecular weight excluding hydrogens is 252 g/mol. The molecule has 1 saturated heterocycles. The Labute approximate surface area is 122 Å². The van der Waals surface area contributed by atoms with E-state index < -0.39 is 0 Å². The van der Waals surface area contributed by atoms with Crippen molar-refractivity contribution in [2.24, 2.45) is 5.41 Å². The Hall–Kier alpha value is -0.380. The van der Waals surface area contributed by atoms with Gasteiger partial charge in [0.15, 0.2) is 0 Å². The highest BCUT2D eigenvalue weighted by molar-refractivity contribution is 7.12. The standard InChI is InChI=1S/C16H28N2S/c1-13-14(10-15(19-13)11-17-4)12-18-8-5-6-16(2,3)7-9-18/h10,17H,5-9,11-12H2,1-4H3. The molecule has 0 atom stereocenters. The smallest absolute Gasteiger partial charge is 0.0296 e. The fourth-order valence-electron chi connectivity index (χ4n) is 2.88. The van der Waals surface area contributed by atoms with Crippen LogP contribution in [0.4, 0.5) is 0 Å². The maximum Gasteiger partial charge on any atom is 0.0296 e. The van der Waals surface area contributed by atoms with Gasteiger partial charge in [0.25, 0.3) is 0 Å². The van der Waals surface area contributed by atoms with Crippen LogP contribution in [0.3, 0.4) is 0 Å². The van der Waals surface area contributed by atoms with Crippen molar-refractivity contribution in [3.8, 4) is 0 Å². The minimum atomic E-state index is 0.537. The zero-order valence-corrected chi connectivity index (χ0v) is 13.7. The van der Waals surface area contributed by atoms with Gasteiger partial charge in [-0.1, -0.05) is 13.8 Å². The number of thiophene rings is 1. The van der Waals surface area contributed by atoms with Gasteiger partial charge in [-0.3, -0.25) is 4.90 Å². The maximum atomic E-state index is 3.25. The minimum absolute atomic E-state index is 0.537. The number of hydrogen-bond acceptors (Lipinski definition) is 3. The summed E-state index contributed by atoms with van der Waals surface area (Å²) >= 11 is 1.94. The van der Waals surface area contributed by atoms with Crippen LogP contribution in [-0.2, 0) is 13.1 Å². The van der Waals surface area contributed by atoms with Crippen molar-refractivity contribution in [2.45, 2.75) is 53.1 Å². The minimum Gasteiger partial charge on any atom is -0.315 e. The molecule has 0 unspecified atom stereocenters. The van der Waals surface area contributed by atoms with Crippen LogP contribution in [0.1, 0.15) is 48.4 Å². The summed E-state index contributed by atoms with van der Waals surface area (Å²) in [5, 5.41) is 3.25. The third-order valence-corrected chi connectivity index (χ3v) is 5.34. The molecule has 0 saturated carbocycles. The van der Waals surface area contributed by atoms with Crippen molar-refractivity contribution in [1.29, 1.82) is 0 Å². The second kappa shape index (κ2) is 6.38. The van der Waals surface area contributed by atoms with Gasteiger partial charge in [0.05, 0.1) is 0 Å². The molecule has 1 aliphatic heterocycles. The van der Waals surface area contributed by atoms with Crippen molar-refractivity contribution in [2.75, 3.05) is 20.1 Å². The molecule has 3 heteroatoms. The van der Waals surface area contributed by atoms with E-state index in [0.29, 0.717) is 5.41 Å². The normalized spacial score (nSPS) is 20.4. The molecule has 1 aliphatic rings. The highest BCUT2D eigenvalue weighted by atomic mass is 32.1. The van der Waals surface area contributed by atoms with Crippen molar-refractivity contribution in [3.05, 3.63) is 21.4 Å². The van der Waals surface area contributed by atoms with Gasteiger partial charge < -0.3 is 5.32 Å². The molecule has 1 fully saturated rings. The zero-order valence-electron chi connectivity index (χ0n) is 12.9. The molecule has 0 amide bonds. The van der Waals surface area contributed by atoms with Gasteiger partial charge in [0.1, 0.15) is 0 Å². The number of nitrogens with zero attached hydrogens (tertiary/aromatic N) is 1. The van der Waals surface area contributed by atoms with E-state index in [1.165, 1.54) is 47.7 Å². The van der Waals surface area contributed by atoms with Crippen LogP contribution in [0.2, 0.25) is 0 Å². The molecule has 0 spiro atoms. The number of likely N-dealkylation sites (tertiary alicyclic amines) is 1. The van der Waals surface area contributed by atoms with E-state index >= 15 is 0 Å². The molecule has 2 rings (SSSR count). The zero-order chi connectivity index (χ0) is 13.9. The Kier molecular flexibility index (Phi) is 5.04. The fourth-order valence-corrected chi connectivity index (χ4v) is 3.95. The molecule has 0 bridgehead atoms. The Balaban J connectivity index is 1.97.